The zero-order valence-corrected chi connectivity index (χ0v) is 9.26. The highest BCUT2D eigenvalue weighted by Gasteiger charge is 2.32. The Kier molecular flexibility index (Phi) is 3.12. The predicted octanol–water partition coefficient (Wildman–Crippen LogP) is 1.38. The van der Waals surface area contributed by atoms with Crippen molar-refractivity contribution in [1.82, 2.24) is 0 Å². The molecule has 1 heterocycles. The summed E-state index contributed by atoms with van der Waals surface area (Å²) in [6.07, 6.45) is 5.15. The van der Waals surface area contributed by atoms with Crippen LogP contribution in [-0.2, 0) is 14.6 Å². The van der Waals surface area contributed by atoms with Crippen LogP contribution < -0.4 is 0 Å². The Labute approximate surface area is 85.8 Å². The second-order valence-electron chi connectivity index (χ2n) is 4.49. The van der Waals surface area contributed by atoms with Crippen molar-refractivity contribution in [3.05, 3.63) is 0 Å². The van der Waals surface area contributed by atoms with Gasteiger partial charge in [0.25, 0.3) is 0 Å². The summed E-state index contributed by atoms with van der Waals surface area (Å²) in [6.45, 7) is 1.29. The Morgan fingerprint density at radius 2 is 1.71 bits per heavy atom. The van der Waals surface area contributed by atoms with Crippen LogP contribution in [0.3, 0.4) is 0 Å². The fourth-order valence-corrected chi connectivity index (χ4v) is 4.44. The first-order valence-corrected chi connectivity index (χ1v) is 7.19. The van der Waals surface area contributed by atoms with Gasteiger partial charge in [0, 0.05) is 5.92 Å². The van der Waals surface area contributed by atoms with Gasteiger partial charge in [-0.2, -0.15) is 0 Å². The maximum Gasteiger partial charge on any atom is 0.153 e. The molecule has 1 saturated heterocycles. The molecule has 14 heavy (non-hydrogen) atoms. The highest BCUT2D eigenvalue weighted by Crippen LogP contribution is 2.26. The molecule has 2 aliphatic rings. The van der Waals surface area contributed by atoms with E-state index in [4.69, 9.17) is 4.74 Å². The first-order valence-electron chi connectivity index (χ1n) is 5.48. The number of ether oxygens (including phenoxy) is 1. The molecule has 82 valence electrons. The third kappa shape index (κ3) is 2.28. The molecule has 1 aliphatic carbocycles. The van der Waals surface area contributed by atoms with Gasteiger partial charge in [-0.1, -0.05) is 19.3 Å². The van der Waals surface area contributed by atoms with Gasteiger partial charge in [-0.25, -0.2) is 8.42 Å². The first kappa shape index (κ1) is 10.4. The largest absolute Gasteiger partial charge is 0.381 e. The van der Waals surface area contributed by atoms with Crippen LogP contribution in [0.15, 0.2) is 0 Å². The van der Waals surface area contributed by atoms with Crippen molar-refractivity contribution in [3.8, 4) is 0 Å². The van der Waals surface area contributed by atoms with Crippen LogP contribution in [-0.4, -0.2) is 32.6 Å². The average Bonchev–Trinajstić information content (AvgIpc) is 2.13. The maximum atomic E-state index is 11.9. The zero-order valence-electron chi connectivity index (χ0n) is 8.44. The molecule has 2 rings (SSSR count). The lowest BCUT2D eigenvalue weighted by molar-refractivity contribution is -0.0205. The van der Waals surface area contributed by atoms with Gasteiger partial charge in [-0.15, -0.1) is 0 Å². The smallest absolute Gasteiger partial charge is 0.153 e. The molecule has 0 aromatic heterocycles. The second kappa shape index (κ2) is 4.19. The van der Waals surface area contributed by atoms with Crippen LogP contribution in [0.2, 0.25) is 0 Å². The lowest BCUT2D eigenvalue weighted by Crippen LogP contribution is -2.38. The van der Waals surface area contributed by atoms with Gasteiger partial charge in [0.15, 0.2) is 9.84 Å². The van der Waals surface area contributed by atoms with Gasteiger partial charge in [0.1, 0.15) is 0 Å². The maximum absolute atomic E-state index is 11.9. The van der Waals surface area contributed by atoms with Crippen LogP contribution in [0.1, 0.15) is 32.1 Å². The van der Waals surface area contributed by atoms with E-state index in [0.717, 1.165) is 25.7 Å². The molecular formula is C10H18O3S. The Bertz CT molecular complexity index is 274. The van der Waals surface area contributed by atoms with Crippen LogP contribution >= 0.6 is 0 Å². The van der Waals surface area contributed by atoms with Crippen molar-refractivity contribution >= 4 is 9.84 Å². The fraction of sp³-hybridized carbons (Fsp3) is 1.00. The van der Waals surface area contributed by atoms with Gasteiger partial charge in [0.05, 0.1) is 24.2 Å². The van der Waals surface area contributed by atoms with Crippen LogP contribution in [0.25, 0.3) is 0 Å². The molecule has 3 nitrogen and oxygen atoms in total. The minimum atomic E-state index is -2.82. The first-order chi connectivity index (χ1) is 6.68. The molecular weight excluding hydrogens is 200 g/mol. The van der Waals surface area contributed by atoms with E-state index >= 15 is 0 Å². The molecule has 0 aromatic rings. The predicted molar refractivity (Wildman–Crippen MR) is 55.0 cm³/mol. The number of rotatable bonds is 3. The molecule has 1 aliphatic heterocycles. The zero-order chi connectivity index (χ0) is 10.0. The summed E-state index contributed by atoms with van der Waals surface area (Å²) in [6, 6.07) is 0. The van der Waals surface area contributed by atoms with Crippen LogP contribution in [0.5, 0.6) is 0 Å². The van der Waals surface area contributed by atoms with Gasteiger partial charge in [0.2, 0.25) is 0 Å². The van der Waals surface area contributed by atoms with Gasteiger partial charge >= 0.3 is 0 Å². The summed E-state index contributed by atoms with van der Waals surface area (Å²) >= 11 is 0. The van der Waals surface area contributed by atoms with Gasteiger partial charge in [-0.3, -0.25) is 0 Å². The van der Waals surface area contributed by atoms with E-state index in [2.05, 4.69) is 0 Å². The van der Waals surface area contributed by atoms with Crippen molar-refractivity contribution in [2.45, 2.75) is 37.4 Å². The van der Waals surface area contributed by atoms with Crippen LogP contribution in [0.4, 0.5) is 0 Å². The molecule has 0 amide bonds. The molecule has 0 aromatic carbocycles. The lowest BCUT2D eigenvalue weighted by Gasteiger charge is -2.29. The molecule has 1 saturated carbocycles. The van der Waals surface area contributed by atoms with Crippen molar-refractivity contribution < 1.29 is 13.2 Å². The summed E-state index contributed by atoms with van der Waals surface area (Å²) in [5.74, 6) is 0.638. The third-order valence-corrected chi connectivity index (χ3v) is 5.66. The van der Waals surface area contributed by atoms with Crippen LogP contribution in [0, 0.1) is 5.92 Å². The summed E-state index contributed by atoms with van der Waals surface area (Å²) < 4.78 is 28.9. The summed E-state index contributed by atoms with van der Waals surface area (Å²) in [5, 5.41) is -0.0446. The highest BCUT2D eigenvalue weighted by molar-refractivity contribution is 7.92. The normalized spacial score (nSPS) is 26.0. The summed E-state index contributed by atoms with van der Waals surface area (Å²) in [4.78, 5) is 0. The molecule has 2 fully saturated rings. The Balaban J connectivity index is 1.91. The van der Waals surface area contributed by atoms with Gasteiger partial charge in [-0.05, 0) is 12.8 Å². The number of sulfone groups is 1. The number of hydrogen-bond acceptors (Lipinski definition) is 3. The quantitative estimate of drug-likeness (QED) is 0.719. The molecule has 4 heteroatoms. The Hall–Kier alpha value is -0.0900. The van der Waals surface area contributed by atoms with Crippen molar-refractivity contribution in [1.29, 1.82) is 0 Å². The fourth-order valence-electron chi connectivity index (χ4n) is 2.27. The van der Waals surface area contributed by atoms with E-state index in [1.54, 1.807) is 0 Å². The molecule has 0 atom stereocenters. The molecule has 0 bridgehead atoms. The van der Waals surface area contributed by atoms with Crippen molar-refractivity contribution in [2.24, 2.45) is 5.92 Å². The van der Waals surface area contributed by atoms with E-state index < -0.39 is 9.84 Å². The average molecular weight is 218 g/mol. The summed E-state index contributed by atoms with van der Waals surface area (Å²) in [5.41, 5.74) is 0. The van der Waals surface area contributed by atoms with E-state index in [1.807, 2.05) is 0 Å². The minimum Gasteiger partial charge on any atom is -0.381 e. The summed E-state index contributed by atoms with van der Waals surface area (Å²) in [7, 11) is -2.82. The Morgan fingerprint density at radius 3 is 2.21 bits per heavy atom. The number of hydrogen-bond donors (Lipinski definition) is 0. The van der Waals surface area contributed by atoms with E-state index in [1.165, 1.54) is 6.42 Å². The second-order valence-corrected chi connectivity index (χ2v) is 6.82. The van der Waals surface area contributed by atoms with Crippen molar-refractivity contribution in [3.63, 3.8) is 0 Å². The SMILES string of the molecule is O=S(=O)(CC1COC1)C1CCCCC1. The van der Waals surface area contributed by atoms with E-state index in [9.17, 15) is 8.42 Å². The van der Waals surface area contributed by atoms with Crippen molar-refractivity contribution in [2.75, 3.05) is 19.0 Å². The monoisotopic (exact) mass is 218 g/mol. The minimum absolute atomic E-state index is 0.0446. The molecule has 0 N–H and O–H groups in total. The topological polar surface area (TPSA) is 43.4 Å². The van der Waals surface area contributed by atoms with E-state index in [-0.39, 0.29) is 11.2 Å². The highest BCUT2D eigenvalue weighted by atomic mass is 32.2. The lowest BCUT2D eigenvalue weighted by atomic mass is 10.0. The third-order valence-electron chi connectivity index (χ3n) is 3.24. The van der Waals surface area contributed by atoms with E-state index in [0.29, 0.717) is 19.0 Å². The molecule has 0 spiro atoms. The molecule has 0 radical (unpaired) electrons. The Morgan fingerprint density at radius 1 is 1.07 bits per heavy atom. The van der Waals surface area contributed by atoms with Gasteiger partial charge < -0.3 is 4.74 Å². The molecule has 0 unspecified atom stereocenters. The standard InChI is InChI=1S/C10H18O3S/c11-14(12,8-9-6-13-7-9)10-4-2-1-3-5-10/h9-10H,1-8H2.